The Balaban J connectivity index is 2.49. The lowest BCUT2D eigenvalue weighted by molar-refractivity contribution is 0.857. The monoisotopic (exact) mass is 182 g/mol. The Hall–Kier alpha value is -0.830. The fourth-order valence-corrected chi connectivity index (χ4v) is 1.38. The van der Waals surface area contributed by atoms with Crippen LogP contribution in [0.1, 0.15) is 18.7 Å². The molecule has 0 saturated heterocycles. The Morgan fingerprint density at radius 1 is 1.67 bits per heavy atom. The van der Waals surface area contributed by atoms with Crippen molar-refractivity contribution in [3.8, 4) is 0 Å². The molecule has 0 fully saturated rings. The van der Waals surface area contributed by atoms with E-state index in [2.05, 4.69) is 16.4 Å². The van der Waals surface area contributed by atoms with Crippen LogP contribution in [0.5, 0.6) is 0 Å². The van der Waals surface area contributed by atoms with E-state index in [1.807, 2.05) is 19.9 Å². The molecule has 0 saturated carbocycles. The fourth-order valence-electron chi connectivity index (χ4n) is 0.754. The minimum atomic E-state index is 0.352. The highest BCUT2D eigenvalue weighted by Gasteiger charge is 1.98. The van der Waals surface area contributed by atoms with Crippen LogP contribution >= 0.6 is 11.3 Å². The van der Waals surface area contributed by atoms with E-state index in [0.29, 0.717) is 5.92 Å². The SMILES string of the molecule is CC(C)C(N)=NCc1cccs1. The van der Waals surface area contributed by atoms with Gasteiger partial charge in [-0.15, -0.1) is 11.3 Å². The molecular weight excluding hydrogens is 168 g/mol. The molecule has 0 bridgehead atoms. The minimum absolute atomic E-state index is 0.352. The van der Waals surface area contributed by atoms with E-state index >= 15 is 0 Å². The van der Waals surface area contributed by atoms with Gasteiger partial charge < -0.3 is 5.73 Å². The van der Waals surface area contributed by atoms with Crippen molar-refractivity contribution in [1.29, 1.82) is 0 Å². The summed E-state index contributed by atoms with van der Waals surface area (Å²) in [6.07, 6.45) is 0. The van der Waals surface area contributed by atoms with E-state index in [1.54, 1.807) is 11.3 Å². The van der Waals surface area contributed by atoms with Crippen LogP contribution in [-0.2, 0) is 6.54 Å². The van der Waals surface area contributed by atoms with Crippen molar-refractivity contribution < 1.29 is 0 Å². The van der Waals surface area contributed by atoms with Crippen molar-refractivity contribution in [2.45, 2.75) is 20.4 Å². The highest BCUT2D eigenvalue weighted by Crippen LogP contribution is 2.09. The first-order valence-electron chi connectivity index (χ1n) is 4.02. The number of hydrogen-bond donors (Lipinski definition) is 1. The third-order valence-corrected chi connectivity index (χ3v) is 2.45. The number of nitrogens with zero attached hydrogens (tertiary/aromatic N) is 1. The van der Waals surface area contributed by atoms with Gasteiger partial charge in [0.15, 0.2) is 0 Å². The smallest absolute Gasteiger partial charge is 0.0967 e. The zero-order chi connectivity index (χ0) is 8.97. The van der Waals surface area contributed by atoms with Gasteiger partial charge in [0.05, 0.1) is 12.4 Å². The third-order valence-electron chi connectivity index (χ3n) is 1.59. The quantitative estimate of drug-likeness (QED) is 0.565. The topological polar surface area (TPSA) is 38.4 Å². The van der Waals surface area contributed by atoms with E-state index in [4.69, 9.17) is 5.73 Å². The van der Waals surface area contributed by atoms with Gasteiger partial charge in [-0.25, -0.2) is 0 Å². The molecule has 0 aliphatic carbocycles. The maximum Gasteiger partial charge on any atom is 0.0967 e. The molecule has 0 amide bonds. The van der Waals surface area contributed by atoms with E-state index in [0.717, 1.165) is 12.4 Å². The summed E-state index contributed by atoms with van der Waals surface area (Å²) in [5, 5.41) is 2.05. The molecular formula is C9H14N2S. The Bertz CT molecular complexity index is 250. The van der Waals surface area contributed by atoms with Crippen LogP contribution in [-0.4, -0.2) is 5.84 Å². The predicted octanol–water partition coefficient (Wildman–Crippen LogP) is 2.26. The summed E-state index contributed by atoms with van der Waals surface area (Å²) in [7, 11) is 0. The number of nitrogens with two attached hydrogens (primary N) is 1. The number of thiophene rings is 1. The lowest BCUT2D eigenvalue weighted by Crippen LogP contribution is -2.18. The zero-order valence-corrected chi connectivity index (χ0v) is 8.27. The maximum absolute atomic E-state index is 5.69. The first kappa shape index (κ1) is 9.26. The van der Waals surface area contributed by atoms with Gasteiger partial charge in [-0.1, -0.05) is 19.9 Å². The van der Waals surface area contributed by atoms with Gasteiger partial charge in [-0.2, -0.15) is 0 Å². The van der Waals surface area contributed by atoms with Gasteiger partial charge in [0.1, 0.15) is 0 Å². The normalized spacial score (nSPS) is 12.4. The number of amidine groups is 1. The van der Waals surface area contributed by atoms with Crippen molar-refractivity contribution in [2.24, 2.45) is 16.6 Å². The van der Waals surface area contributed by atoms with Crippen LogP contribution in [0, 0.1) is 5.92 Å². The number of rotatable bonds is 3. The van der Waals surface area contributed by atoms with Gasteiger partial charge in [-0.05, 0) is 11.4 Å². The van der Waals surface area contributed by atoms with E-state index in [1.165, 1.54) is 4.88 Å². The summed E-state index contributed by atoms with van der Waals surface area (Å²) in [6.45, 7) is 4.82. The molecule has 0 aliphatic heterocycles. The summed E-state index contributed by atoms with van der Waals surface area (Å²) in [5.41, 5.74) is 5.69. The Morgan fingerprint density at radius 3 is 2.92 bits per heavy atom. The van der Waals surface area contributed by atoms with Crippen LogP contribution in [0.3, 0.4) is 0 Å². The van der Waals surface area contributed by atoms with E-state index in [-0.39, 0.29) is 0 Å². The fraction of sp³-hybridized carbons (Fsp3) is 0.444. The molecule has 3 heteroatoms. The predicted molar refractivity (Wildman–Crippen MR) is 54.5 cm³/mol. The van der Waals surface area contributed by atoms with Crippen LogP contribution in [0.4, 0.5) is 0 Å². The largest absolute Gasteiger partial charge is 0.387 e. The van der Waals surface area contributed by atoms with Crippen LogP contribution < -0.4 is 5.73 Å². The lowest BCUT2D eigenvalue weighted by atomic mass is 10.2. The molecule has 12 heavy (non-hydrogen) atoms. The molecule has 0 spiro atoms. The third kappa shape index (κ3) is 2.66. The summed E-state index contributed by atoms with van der Waals surface area (Å²) in [5.74, 6) is 1.09. The van der Waals surface area contributed by atoms with Gasteiger partial charge in [-0.3, -0.25) is 4.99 Å². The van der Waals surface area contributed by atoms with Crippen LogP contribution in [0.25, 0.3) is 0 Å². The molecule has 0 aromatic carbocycles. The van der Waals surface area contributed by atoms with Crippen molar-refractivity contribution >= 4 is 17.2 Å². The van der Waals surface area contributed by atoms with Crippen molar-refractivity contribution in [3.05, 3.63) is 22.4 Å². The molecule has 0 unspecified atom stereocenters. The molecule has 1 heterocycles. The molecule has 0 aliphatic rings. The molecule has 2 N–H and O–H groups in total. The van der Waals surface area contributed by atoms with Gasteiger partial charge >= 0.3 is 0 Å². The second-order valence-corrected chi connectivity index (χ2v) is 4.01. The second-order valence-electron chi connectivity index (χ2n) is 2.98. The second kappa shape index (κ2) is 4.26. The zero-order valence-electron chi connectivity index (χ0n) is 7.45. The molecule has 0 atom stereocenters. The first-order valence-corrected chi connectivity index (χ1v) is 4.90. The standard InChI is InChI=1S/C9H14N2S/c1-7(2)9(10)11-6-8-4-3-5-12-8/h3-5,7H,6H2,1-2H3,(H2,10,11). The van der Waals surface area contributed by atoms with E-state index < -0.39 is 0 Å². The Morgan fingerprint density at radius 2 is 2.42 bits per heavy atom. The minimum Gasteiger partial charge on any atom is -0.387 e. The summed E-state index contributed by atoms with van der Waals surface area (Å²) < 4.78 is 0. The molecule has 2 nitrogen and oxygen atoms in total. The highest BCUT2D eigenvalue weighted by molar-refractivity contribution is 7.09. The first-order chi connectivity index (χ1) is 5.70. The van der Waals surface area contributed by atoms with E-state index in [9.17, 15) is 0 Å². The van der Waals surface area contributed by atoms with Gasteiger partial charge in [0.2, 0.25) is 0 Å². The van der Waals surface area contributed by atoms with Crippen LogP contribution in [0.15, 0.2) is 22.5 Å². The van der Waals surface area contributed by atoms with Crippen LogP contribution in [0.2, 0.25) is 0 Å². The number of hydrogen-bond acceptors (Lipinski definition) is 2. The Labute approximate surface area is 77.1 Å². The average Bonchev–Trinajstić information content (AvgIpc) is 2.51. The Kier molecular flexibility index (Phi) is 3.29. The average molecular weight is 182 g/mol. The van der Waals surface area contributed by atoms with Crippen molar-refractivity contribution in [3.63, 3.8) is 0 Å². The van der Waals surface area contributed by atoms with Gasteiger partial charge in [0, 0.05) is 10.8 Å². The summed E-state index contributed by atoms with van der Waals surface area (Å²) in [4.78, 5) is 5.53. The summed E-state index contributed by atoms with van der Waals surface area (Å²) in [6, 6.07) is 4.10. The molecule has 66 valence electrons. The van der Waals surface area contributed by atoms with Gasteiger partial charge in [0.25, 0.3) is 0 Å². The maximum atomic E-state index is 5.69. The lowest BCUT2D eigenvalue weighted by Gasteiger charge is -2.02. The highest BCUT2D eigenvalue weighted by atomic mass is 32.1. The molecule has 1 aromatic heterocycles. The van der Waals surface area contributed by atoms with Crippen molar-refractivity contribution in [2.75, 3.05) is 0 Å². The molecule has 0 radical (unpaired) electrons. The van der Waals surface area contributed by atoms with Crippen molar-refractivity contribution in [1.82, 2.24) is 0 Å². The number of aliphatic imine (C=N–C) groups is 1. The molecule has 1 rings (SSSR count). The summed E-state index contributed by atoms with van der Waals surface area (Å²) >= 11 is 1.71. The molecule has 1 aromatic rings.